The van der Waals surface area contributed by atoms with Gasteiger partial charge >= 0.3 is 6.16 Å². The lowest BCUT2D eigenvalue weighted by atomic mass is 10.0. The minimum absolute atomic E-state index is 0.276. The van der Waals surface area contributed by atoms with Crippen molar-refractivity contribution in [3.05, 3.63) is 54.6 Å². The first-order valence-corrected chi connectivity index (χ1v) is 5.54. The lowest BCUT2D eigenvalue weighted by Gasteiger charge is -2.05. The minimum Gasteiger partial charge on any atom is -0.392 e. The van der Waals surface area contributed by atoms with E-state index in [0.29, 0.717) is 0 Å². The molecule has 0 saturated carbocycles. The Morgan fingerprint density at radius 1 is 0.833 bits per heavy atom. The molecule has 87 valence electrons. The average Bonchev–Trinajstić information content (AvgIpc) is 2.37. The zero-order valence-corrected chi connectivity index (χ0v) is 9.42. The fraction of sp³-hybridized carbons (Fsp3) is 0. The summed E-state index contributed by atoms with van der Waals surface area (Å²) in [5.74, 6) is 0.276. The van der Waals surface area contributed by atoms with Gasteiger partial charge in [-0.25, -0.2) is 0 Å². The Morgan fingerprint density at radius 3 is 2.39 bits per heavy atom. The van der Waals surface area contributed by atoms with Crippen molar-refractivity contribution in [3.63, 3.8) is 0 Å². The predicted molar refractivity (Wildman–Crippen MR) is 68.2 cm³/mol. The molecule has 0 aliphatic carbocycles. The average molecular weight is 237 g/mol. The summed E-state index contributed by atoms with van der Waals surface area (Å²) in [6.07, 6.45) is -1.55. The lowest BCUT2D eigenvalue weighted by molar-refractivity contribution is 0.117. The number of fused-ring (bicyclic) bond motifs is 3. The van der Waals surface area contributed by atoms with E-state index < -0.39 is 6.16 Å². The van der Waals surface area contributed by atoms with Gasteiger partial charge in [-0.2, -0.15) is 9.90 Å². The van der Waals surface area contributed by atoms with Gasteiger partial charge < -0.3 is 4.74 Å². The summed E-state index contributed by atoms with van der Waals surface area (Å²) in [6.45, 7) is 0. The molecule has 0 amide bonds. The molecule has 3 aromatic carbocycles. The Bertz CT molecular complexity index is 747. The van der Waals surface area contributed by atoms with Crippen LogP contribution >= 0.6 is 0 Å². The molecule has 0 N–H and O–H groups in total. The number of ether oxygens (including phenoxy) is 1. The number of carbonyl (C=O) groups excluding carboxylic acids is 1. The second-order valence-electron chi connectivity index (χ2n) is 4.02. The van der Waals surface area contributed by atoms with Crippen LogP contribution in [0.4, 0.5) is 4.79 Å². The van der Waals surface area contributed by atoms with E-state index in [-0.39, 0.29) is 5.75 Å². The first-order valence-electron chi connectivity index (χ1n) is 5.54. The molecule has 18 heavy (non-hydrogen) atoms. The summed E-state index contributed by atoms with van der Waals surface area (Å²) >= 11 is 0. The fourth-order valence-corrected chi connectivity index (χ4v) is 2.15. The first kappa shape index (κ1) is 10.6. The summed E-state index contributed by atoms with van der Waals surface area (Å²) in [7, 11) is 0. The van der Waals surface area contributed by atoms with E-state index in [1.165, 1.54) is 0 Å². The molecule has 0 unspecified atom stereocenters. The second kappa shape index (κ2) is 4.04. The maximum Gasteiger partial charge on any atom is 0.555 e. The van der Waals surface area contributed by atoms with E-state index in [1.807, 2.05) is 42.5 Å². The van der Waals surface area contributed by atoms with Crippen LogP contribution in [0.5, 0.6) is 5.75 Å². The Hall–Kier alpha value is -2.55. The van der Waals surface area contributed by atoms with Crippen molar-refractivity contribution < 1.29 is 14.6 Å². The Morgan fingerprint density at radius 2 is 1.56 bits per heavy atom. The molecule has 0 spiro atoms. The highest BCUT2D eigenvalue weighted by atomic mass is 16.7. The normalized spacial score (nSPS) is 10.7. The second-order valence-corrected chi connectivity index (χ2v) is 4.02. The zero-order chi connectivity index (χ0) is 12.5. The zero-order valence-electron chi connectivity index (χ0n) is 9.42. The summed E-state index contributed by atoms with van der Waals surface area (Å²) in [5.41, 5.74) is 0. The van der Waals surface area contributed by atoms with Crippen molar-refractivity contribution in [2.75, 3.05) is 0 Å². The third-order valence-corrected chi connectivity index (χ3v) is 2.92. The monoisotopic (exact) mass is 237 g/mol. The number of benzene rings is 3. The predicted octanol–water partition coefficient (Wildman–Crippen LogP) is 3.92. The van der Waals surface area contributed by atoms with Gasteiger partial charge in [0.1, 0.15) is 5.75 Å². The van der Waals surface area contributed by atoms with Gasteiger partial charge in [-0.3, -0.25) is 0 Å². The van der Waals surface area contributed by atoms with Crippen molar-refractivity contribution in [3.8, 4) is 5.75 Å². The van der Waals surface area contributed by atoms with E-state index >= 15 is 0 Å². The number of hydrogen-bond acceptors (Lipinski definition) is 2. The van der Waals surface area contributed by atoms with E-state index in [1.54, 1.807) is 12.1 Å². The summed E-state index contributed by atoms with van der Waals surface area (Å²) < 4.78 is 4.54. The standard InChI is InChI=1S/C15H9O3/c16-15(17)18-12-7-8-14-11(9-12)6-5-10-3-1-2-4-13(10)14/h1-9H. The molecule has 3 nitrogen and oxygen atoms in total. The smallest absolute Gasteiger partial charge is 0.392 e. The van der Waals surface area contributed by atoms with Gasteiger partial charge in [-0.15, -0.1) is 0 Å². The molecule has 0 fully saturated rings. The molecule has 3 aromatic rings. The third-order valence-electron chi connectivity index (χ3n) is 2.92. The van der Waals surface area contributed by atoms with E-state index in [9.17, 15) is 9.90 Å². The Labute approximate surface area is 103 Å². The quantitative estimate of drug-likeness (QED) is 0.366. The van der Waals surface area contributed by atoms with Gasteiger partial charge in [-0.05, 0) is 33.7 Å². The molecular weight excluding hydrogens is 228 g/mol. The number of carbonyl (C=O) groups is 1. The van der Waals surface area contributed by atoms with Gasteiger partial charge in [-0.1, -0.05) is 42.5 Å². The lowest BCUT2D eigenvalue weighted by Crippen LogP contribution is -2.00. The third kappa shape index (κ3) is 1.76. The van der Waals surface area contributed by atoms with Crippen LogP contribution in [0.2, 0.25) is 0 Å². The molecule has 0 aliphatic rings. The van der Waals surface area contributed by atoms with E-state index in [0.717, 1.165) is 21.5 Å². The summed E-state index contributed by atoms with van der Waals surface area (Å²) in [4.78, 5) is 10.4. The van der Waals surface area contributed by atoms with Gasteiger partial charge in [0.05, 0.1) is 0 Å². The molecule has 0 atom stereocenters. The van der Waals surface area contributed by atoms with Crippen molar-refractivity contribution in [1.82, 2.24) is 0 Å². The molecule has 0 aliphatic heterocycles. The summed E-state index contributed by atoms with van der Waals surface area (Å²) in [5, 5.41) is 14.7. The Balaban J connectivity index is 2.24. The molecular formula is C15H9O3. The van der Waals surface area contributed by atoms with Crippen molar-refractivity contribution in [2.24, 2.45) is 0 Å². The van der Waals surface area contributed by atoms with Crippen LogP contribution in [-0.4, -0.2) is 6.16 Å². The van der Waals surface area contributed by atoms with Crippen LogP contribution in [0.3, 0.4) is 0 Å². The maximum absolute atomic E-state index is 10.4. The molecule has 3 rings (SSSR count). The van der Waals surface area contributed by atoms with Crippen LogP contribution in [-0.2, 0) is 5.11 Å². The van der Waals surface area contributed by atoms with Gasteiger partial charge in [0.2, 0.25) is 0 Å². The Kier molecular flexibility index (Phi) is 2.38. The van der Waals surface area contributed by atoms with Crippen LogP contribution in [0, 0.1) is 0 Å². The molecule has 0 saturated heterocycles. The van der Waals surface area contributed by atoms with Gasteiger partial charge in [0, 0.05) is 0 Å². The molecule has 0 bridgehead atoms. The maximum atomic E-state index is 10.4. The van der Waals surface area contributed by atoms with E-state index in [4.69, 9.17) is 0 Å². The molecule has 1 radical (unpaired) electrons. The first-order chi connectivity index (χ1) is 8.74. The number of rotatable bonds is 1. The summed E-state index contributed by atoms with van der Waals surface area (Å²) in [6, 6.07) is 17.2. The fourth-order valence-electron chi connectivity index (χ4n) is 2.15. The molecule has 0 aromatic heterocycles. The molecule has 0 heterocycles. The SMILES string of the molecule is [O]C(=O)Oc1ccc2c(ccc3ccccc32)c1. The van der Waals surface area contributed by atoms with Crippen molar-refractivity contribution >= 4 is 27.7 Å². The van der Waals surface area contributed by atoms with E-state index in [2.05, 4.69) is 4.74 Å². The van der Waals surface area contributed by atoms with Crippen molar-refractivity contribution in [1.29, 1.82) is 0 Å². The highest BCUT2D eigenvalue weighted by molar-refractivity contribution is 6.07. The van der Waals surface area contributed by atoms with Crippen LogP contribution in [0.15, 0.2) is 54.6 Å². The van der Waals surface area contributed by atoms with Crippen LogP contribution in [0.25, 0.3) is 21.5 Å². The highest BCUT2D eigenvalue weighted by Gasteiger charge is 2.05. The van der Waals surface area contributed by atoms with Gasteiger partial charge in [0.15, 0.2) is 0 Å². The molecule has 3 heteroatoms. The highest BCUT2D eigenvalue weighted by Crippen LogP contribution is 2.28. The largest absolute Gasteiger partial charge is 0.555 e. The van der Waals surface area contributed by atoms with Gasteiger partial charge in [0.25, 0.3) is 0 Å². The minimum atomic E-state index is -1.55. The topological polar surface area (TPSA) is 46.2 Å². The van der Waals surface area contributed by atoms with Crippen LogP contribution < -0.4 is 4.74 Å². The van der Waals surface area contributed by atoms with Crippen molar-refractivity contribution in [2.45, 2.75) is 0 Å². The van der Waals surface area contributed by atoms with Crippen LogP contribution in [0.1, 0.15) is 0 Å². The number of hydrogen-bond donors (Lipinski definition) is 0.